The molecule has 6 N–H and O–H groups in total. The van der Waals surface area contributed by atoms with E-state index < -0.39 is 59.9 Å². The molecule has 0 saturated carbocycles. The number of aliphatic hydroxyl groups is 4. The summed E-state index contributed by atoms with van der Waals surface area (Å²) >= 11 is 0. The van der Waals surface area contributed by atoms with E-state index in [4.69, 9.17) is 9.47 Å². The molecule has 1 fully saturated rings. The number of allylic oxidation sites excluding steroid dienone is 1. The van der Waals surface area contributed by atoms with Crippen molar-refractivity contribution >= 4 is 16.3 Å². The van der Waals surface area contributed by atoms with E-state index in [0.29, 0.717) is 6.42 Å². The number of carbonyl (C=O) groups excluding carboxylic acids is 1. The van der Waals surface area contributed by atoms with Crippen molar-refractivity contribution in [3.8, 4) is 0 Å². The van der Waals surface area contributed by atoms with E-state index in [9.17, 15) is 38.2 Å². The minimum Gasteiger partial charge on any atom is -0.394 e. The smallest absolute Gasteiger partial charge is 0.394 e. The van der Waals surface area contributed by atoms with Crippen LogP contribution in [0.4, 0.5) is 0 Å². The number of hydrogen-bond acceptors (Lipinski definition) is 10. The van der Waals surface area contributed by atoms with Gasteiger partial charge in [0.2, 0.25) is 5.91 Å². The van der Waals surface area contributed by atoms with Gasteiger partial charge >= 0.3 is 10.4 Å². The van der Waals surface area contributed by atoms with Crippen molar-refractivity contribution in [2.75, 3.05) is 13.2 Å². The van der Waals surface area contributed by atoms with Gasteiger partial charge in [0.15, 0.2) is 6.29 Å². The second-order valence-electron chi connectivity index (χ2n) is 23.1. The number of ether oxygens (including phenoxy) is 2. The van der Waals surface area contributed by atoms with Crippen LogP contribution in [0.1, 0.15) is 328 Å². The zero-order valence-corrected chi connectivity index (χ0v) is 50.2. The number of nitrogens with one attached hydrogen (secondary N) is 1. The van der Waals surface area contributed by atoms with Gasteiger partial charge in [0.1, 0.15) is 24.4 Å². The van der Waals surface area contributed by atoms with Crippen molar-refractivity contribution in [1.29, 1.82) is 0 Å². The lowest BCUT2D eigenvalue weighted by molar-refractivity contribution is -0.298. The normalized spacial score (nSPS) is 19.0. The maximum atomic E-state index is 13.2. The van der Waals surface area contributed by atoms with Gasteiger partial charge in [-0.05, 0) is 19.3 Å². The molecule has 0 spiro atoms. The molecular formula is C63H123NO11S. The van der Waals surface area contributed by atoms with Gasteiger partial charge in [-0.2, -0.15) is 8.42 Å². The molecule has 452 valence electrons. The minimum absolute atomic E-state index is 0.254. The number of hydrogen-bond donors (Lipinski definition) is 6. The predicted octanol–water partition coefficient (Wildman–Crippen LogP) is 16.2. The highest BCUT2D eigenvalue weighted by molar-refractivity contribution is 7.80. The Kier molecular flexibility index (Phi) is 51.0. The van der Waals surface area contributed by atoms with E-state index in [0.717, 1.165) is 38.5 Å². The summed E-state index contributed by atoms with van der Waals surface area (Å²) in [6.07, 6.45) is 57.0. The highest BCUT2D eigenvalue weighted by Crippen LogP contribution is 2.26. The quantitative estimate of drug-likeness (QED) is 0.0193. The number of carbonyl (C=O) groups is 1. The largest absolute Gasteiger partial charge is 0.397 e. The number of aliphatic hydroxyl groups excluding tert-OH is 4. The molecular weight excluding hydrogens is 979 g/mol. The summed E-state index contributed by atoms with van der Waals surface area (Å²) in [6.45, 7) is 3.46. The number of amides is 1. The van der Waals surface area contributed by atoms with Gasteiger partial charge in [-0.1, -0.05) is 315 Å². The standard InChI is InChI=1S/C63H123NO11S/c1-3-5-7-9-11-13-15-17-19-21-23-25-26-27-28-29-30-31-32-33-35-37-39-41-43-45-47-49-51-53-59(67)64-56(55-73-63-61(69)62(75-76(70,71)72)60(68)58(54-65)74-63)57(66)52-50-48-46-44-42-40-38-36-34-24-22-20-18-16-14-12-10-8-6-4-2/h50,52,56-58,60-63,65-66,68-69H,3-49,51,53-55H2,1-2H3,(H,64,67)(H,70,71,72)/b52-50+. The minimum atomic E-state index is -5.09. The monoisotopic (exact) mass is 1100 g/mol. The Morgan fingerprint density at radius 2 is 0.829 bits per heavy atom. The molecule has 1 amide bonds. The van der Waals surface area contributed by atoms with Gasteiger partial charge in [0, 0.05) is 6.42 Å². The Morgan fingerprint density at radius 1 is 0.513 bits per heavy atom. The van der Waals surface area contributed by atoms with Gasteiger partial charge in [-0.15, -0.1) is 0 Å². The predicted molar refractivity (Wildman–Crippen MR) is 315 cm³/mol. The van der Waals surface area contributed by atoms with Crippen molar-refractivity contribution in [1.82, 2.24) is 5.32 Å². The fourth-order valence-corrected chi connectivity index (χ4v) is 11.3. The first-order chi connectivity index (χ1) is 37.0. The lowest BCUT2D eigenvalue weighted by atomic mass is 9.99. The van der Waals surface area contributed by atoms with Crippen LogP contribution in [-0.4, -0.2) is 95.4 Å². The first-order valence-corrected chi connectivity index (χ1v) is 33.9. The van der Waals surface area contributed by atoms with E-state index in [1.54, 1.807) is 6.08 Å². The molecule has 1 aliphatic heterocycles. The van der Waals surface area contributed by atoms with E-state index in [-0.39, 0.29) is 18.9 Å². The van der Waals surface area contributed by atoms with Gasteiger partial charge in [0.25, 0.3) is 0 Å². The third-order valence-electron chi connectivity index (χ3n) is 15.8. The fourth-order valence-electron chi connectivity index (χ4n) is 10.8. The summed E-state index contributed by atoms with van der Waals surface area (Å²) in [4.78, 5) is 13.2. The van der Waals surface area contributed by atoms with Crippen molar-refractivity contribution in [2.24, 2.45) is 0 Å². The molecule has 1 rings (SSSR count). The van der Waals surface area contributed by atoms with Gasteiger partial charge in [0.05, 0.1) is 25.4 Å². The van der Waals surface area contributed by atoms with Crippen molar-refractivity contribution in [3.05, 3.63) is 12.2 Å². The average Bonchev–Trinajstić information content (AvgIpc) is 3.40. The number of unbranched alkanes of at least 4 members (excludes halogenated alkanes) is 46. The third-order valence-corrected chi connectivity index (χ3v) is 16.3. The average molecular weight is 1100 g/mol. The third kappa shape index (κ3) is 44.6. The van der Waals surface area contributed by atoms with Crippen LogP contribution in [0.5, 0.6) is 0 Å². The highest BCUT2D eigenvalue weighted by atomic mass is 32.3. The van der Waals surface area contributed by atoms with E-state index in [2.05, 4.69) is 23.3 Å². The molecule has 0 radical (unpaired) electrons. The maximum absolute atomic E-state index is 13.2. The molecule has 1 heterocycles. The Labute approximate surface area is 468 Å². The maximum Gasteiger partial charge on any atom is 0.397 e. The number of rotatable bonds is 58. The van der Waals surface area contributed by atoms with Crippen molar-refractivity contribution in [2.45, 2.75) is 371 Å². The van der Waals surface area contributed by atoms with Crippen molar-refractivity contribution in [3.63, 3.8) is 0 Å². The zero-order valence-electron chi connectivity index (χ0n) is 49.4. The van der Waals surface area contributed by atoms with Crippen LogP contribution < -0.4 is 5.32 Å². The molecule has 12 nitrogen and oxygen atoms in total. The van der Waals surface area contributed by atoms with E-state index in [1.807, 2.05) is 6.08 Å². The molecule has 1 aliphatic rings. The summed E-state index contributed by atoms with van der Waals surface area (Å²) in [5.74, 6) is -0.254. The van der Waals surface area contributed by atoms with Crippen molar-refractivity contribution < 1.29 is 51.8 Å². The van der Waals surface area contributed by atoms with Crippen LogP contribution in [0.15, 0.2) is 12.2 Å². The Balaban J connectivity index is 2.27. The Hall–Kier alpha value is -1.16. The lowest BCUT2D eigenvalue weighted by Crippen LogP contribution is -2.61. The van der Waals surface area contributed by atoms with Crippen LogP contribution >= 0.6 is 0 Å². The lowest BCUT2D eigenvalue weighted by Gasteiger charge is -2.41. The SMILES string of the molecule is CCCCCCCCCCCCCCCCCCCC/C=C/C(O)C(COC1OC(CO)C(O)C(OS(=O)(=O)O)C1O)NC(=O)CCCCCCCCCCCCCCCCCCCCCCCCCCCCCCC. The molecule has 0 aliphatic carbocycles. The first kappa shape index (κ1) is 72.9. The van der Waals surface area contributed by atoms with Crippen LogP contribution in [0.2, 0.25) is 0 Å². The first-order valence-electron chi connectivity index (χ1n) is 32.6. The van der Waals surface area contributed by atoms with E-state index in [1.165, 1.54) is 263 Å². The molecule has 0 aromatic carbocycles. The second-order valence-corrected chi connectivity index (χ2v) is 24.1. The zero-order chi connectivity index (χ0) is 55.4. The van der Waals surface area contributed by atoms with Crippen LogP contribution in [-0.2, 0) is 28.9 Å². The van der Waals surface area contributed by atoms with Crippen LogP contribution in [0.25, 0.3) is 0 Å². The highest BCUT2D eigenvalue weighted by Gasteiger charge is 2.48. The van der Waals surface area contributed by atoms with Gasteiger partial charge in [-0.25, -0.2) is 4.18 Å². The summed E-state index contributed by atoms with van der Waals surface area (Å²) < 4.78 is 48.0. The molecule has 7 atom stereocenters. The molecule has 0 bridgehead atoms. The molecule has 0 aromatic heterocycles. The molecule has 7 unspecified atom stereocenters. The Morgan fingerprint density at radius 3 is 1.14 bits per heavy atom. The van der Waals surface area contributed by atoms with Gasteiger partial charge < -0.3 is 35.2 Å². The summed E-state index contributed by atoms with van der Waals surface area (Å²) in [5, 5.41) is 45.1. The fraction of sp³-hybridized carbons (Fsp3) is 0.952. The molecule has 1 saturated heterocycles. The summed E-state index contributed by atoms with van der Waals surface area (Å²) in [7, 11) is -5.09. The van der Waals surface area contributed by atoms with Gasteiger partial charge in [-0.3, -0.25) is 9.35 Å². The van der Waals surface area contributed by atoms with Crippen LogP contribution in [0, 0.1) is 0 Å². The topological polar surface area (TPSA) is 192 Å². The molecule has 0 aromatic rings. The molecule has 76 heavy (non-hydrogen) atoms. The summed E-state index contributed by atoms with van der Waals surface area (Å²) in [5.41, 5.74) is 0. The van der Waals surface area contributed by atoms with Crippen LogP contribution in [0.3, 0.4) is 0 Å². The molecule has 13 heteroatoms. The Bertz CT molecular complexity index is 1390. The second kappa shape index (κ2) is 53.2. The van der Waals surface area contributed by atoms with E-state index >= 15 is 0 Å². The summed E-state index contributed by atoms with van der Waals surface area (Å²) in [6, 6.07) is -0.941.